The van der Waals surface area contributed by atoms with Crippen LogP contribution in [0.15, 0.2) is 52.4 Å². The first-order chi connectivity index (χ1) is 13.9. The molecule has 2 N–H and O–H groups in total. The lowest BCUT2D eigenvalue weighted by molar-refractivity contribution is -0.115. The van der Waals surface area contributed by atoms with Crippen LogP contribution in [0.1, 0.15) is 18.1 Å². The van der Waals surface area contributed by atoms with Crippen molar-refractivity contribution in [2.24, 2.45) is 0 Å². The van der Waals surface area contributed by atoms with E-state index < -0.39 is 5.25 Å². The number of rotatable bonds is 7. The summed E-state index contributed by atoms with van der Waals surface area (Å²) in [5, 5.41) is 9.88. The first-order valence-corrected chi connectivity index (χ1v) is 10.2. The van der Waals surface area contributed by atoms with Gasteiger partial charge in [-0.2, -0.15) is 0 Å². The molecule has 3 rings (SSSR count). The lowest BCUT2D eigenvalue weighted by Gasteiger charge is -2.15. The number of methoxy groups -OCH3 is 1. The Balaban J connectivity index is 1.74. The lowest BCUT2D eigenvalue weighted by atomic mass is 10.2. The van der Waals surface area contributed by atoms with E-state index in [2.05, 4.69) is 15.5 Å². The van der Waals surface area contributed by atoms with Crippen molar-refractivity contribution in [1.29, 1.82) is 0 Å². The summed E-state index contributed by atoms with van der Waals surface area (Å²) in [5.41, 5.74) is 2.01. The van der Waals surface area contributed by atoms with Crippen LogP contribution in [-0.4, -0.2) is 33.0 Å². The third kappa shape index (κ3) is 5.02. The summed E-state index contributed by atoms with van der Waals surface area (Å²) in [7, 11) is 1.51. The normalized spacial score (nSPS) is 11.9. The van der Waals surface area contributed by atoms with Gasteiger partial charge in [-0.3, -0.25) is 9.36 Å². The number of aromatic amines is 1. The molecule has 2 aromatic carbocycles. The average Bonchev–Trinajstić information content (AvgIpc) is 3.04. The zero-order valence-corrected chi connectivity index (χ0v) is 17.8. The van der Waals surface area contributed by atoms with Crippen LogP contribution in [0, 0.1) is 6.92 Å². The Kier molecular flexibility index (Phi) is 6.66. The number of carbonyl (C=O) groups is 1. The summed E-state index contributed by atoms with van der Waals surface area (Å²) in [4.78, 5) is 24.9. The van der Waals surface area contributed by atoms with E-state index >= 15 is 0 Å². The number of ether oxygens (including phenoxy) is 1. The molecule has 0 saturated carbocycles. The van der Waals surface area contributed by atoms with Gasteiger partial charge >= 0.3 is 5.69 Å². The number of hydrogen-bond donors (Lipinski definition) is 2. The third-order valence-electron chi connectivity index (χ3n) is 4.30. The monoisotopic (exact) mass is 432 g/mol. The molecule has 29 heavy (non-hydrogen) atoms. The van der Waals surface area contributed by atoms with Gasteiger partial charge in [0.2, 0.25) is 5.91 Å². The zero-order valence-electron chi connectivity index (χ0n) is 16.2. The van der Waals surface area contributed by atoms with Crippen molar-refractivity contribution < 1.29 is 9.53 Å². The van der Waals surface area contributed by atoms with Gasteiger partial charge in [-0.15, -0.1) is 5.10 Å². The molecule has 7 nitrogen and oxygen atoms in total. The fourth-order valence-electron chi connectivity index (χ4n) is 2.67. The minimum absolute atomic E-state index is 0.239. The number of anilines is 1. The van der Waals surface area contributed by atoms with Crippen LogP contribution >= 0.6 is 23.4 Å². The molecule has 3 aromatic rings. The van der Waals surface area contributed by atoms with Crippen LogP contribution in [0.4, 0.5) is 5.69 Å². The fraction of sp³-hybridized carbons (Fsp3) is 0.250. The molecule has 0 aliphatic carbocycles. The number of H-pyrrole nitrogens is 1. The first-order valence-electron chi connectivity index (χ1n) is 8.90. The number of amides is 1. The predicted molar refractivity (Wildman–Crippen MR) is 115 cm³/mol. The number of halogens is 1. The van der Waals surface area contributed by atoms with Gasteiger partial charge in [-0.05, 0) is 31.0 Å². The van der Waals surface area contributed by atoms with Gasteiger partial charge in [0.05, 0.1) is 24.6 Å². The Hall–Kier alpha value is -2.71. The molecule has 152 valence electrons. The highest BCUT2D eigenvalue weighted by Gasteiger charge is 2.21. The molecule has 0 aliphatic rings. The summed E-state index contributed by atoms with van der Waals surface area (Å²) in [5.74, 6) is 0.239. The van der Waals surface area contributed by atoms with E-state index in [9.17, 15) is 9.59 Å². The maximum absolute atomic E-state index is 12.7. The largest absolute Gasteiger partial charge is 0.495 e. The number of aryl methyl sites for hydroxylation is 1. The smallest absolute Gasteiger partial charge is 0.344 e. The molecule has 9 heteroatoms. The standard InChI is InChI=1S/C20H21ClN4O3S/c1-12-9-16(17(28-3)10-15(12)21)22-18(26)13(2)29-20-24-23-19(27)25(20)11-14-7-5-4-6-8-14/h4-10,13H,11H2,1-3H3,(H,22,26)(H,23,27)/t13-/m0/s1. The van der Waals surface area contributed by atoms with Crippen molar-refractivity contribution in [2.45, 2.75) is 30.8 Å². The van der Waals surface area contributed by atoms with Crippen molar-refractivity contribution in [3.8, 4) is 5.75 Å². The Morgan fingerprint density at radius 3 is 2.76 bits per heavy atom. The molecule has 0 spiro atoms. The average molecular weight is 433 g/mol. The van der Waals surface area contributed by atoms with Gasteiger partial charge in [0.25, 0.3) is 0 Å². The van der Waals surface area contributed by atoms with Gasteiger partial charge in [0.1, 0.15) is 5.75 Å². The minimum Gasteiger partial charge on any atom is -0.495 e. The molecule has 0 saturated heterocycles. The summed E-state index contributed by atoms with van der Waals surface area (Å²) < 4.78 is 6.81. The van der Waals surface area contributed by atoms with E-state index in [0.29, 0.717) is 28.2 Å². The van der Waals surface area contributed by atoms with Crippen LogP contribution in [0.3, 0.4) is 0 Å². The fourth-order valence-corrected chi connectivity index (χ4v) is 3.68. The number of hydrogen-bond acceptors (Lipinski definition) is 5. The number of nitrogens with one attached hydrogen (secondary N) is 2. The number of benzene rings is 2. The highest BCUT2D eigenvalue weighted by atomic mass is 35.5. The second-order valence-electron chi connectivity index (χ2n) is 6.43. The molecule has 0 aliphatic heterocycles. The summed E-state index contributed by atoms with van der Waals surface area (Å²) in [6.45, 7) is 3.97. The molecule has 0 fully saturated rings. The Bertz CT molecular complexity index is 1070. The molecule has 1 aromatic heterocycles. The Labute approximate surface area is 177 Å². The molecular weight excluding hydrogens is 412 g/mol. The summed E-state index contributed by atoms with van der Waals surface area (Å²) in [6, 6.07) is 13.0. The van der Waals surface area contributed by atoms with Crippen molar-refractivity contribution in [3.63, 3.8) is 0 Å². The highest BCUT2D eigenvalue weighted by molar-refractivity contribution is 8.00. The maximum Gasteiger partial charge on any atom is 0.344 e. The molecular formula is C20H21ClN4O3S. The van der Waals surface area contributed by atoms with Gasteiger partial charge < -0.3 is 10.1 Å². The van der Waals surface area contributed by atoms with E-state index in [1.807, 2.05) is 37.3 Å². The van der Waals surface area contributed by atoms with Crippen LogP contribution < -0.4 is 15.7 Å². The number of thioether (sulfide) groups is 1. The van der Waals surface area contributed by atoms with E-state index in [4.69, 9.17) is 16.3 Å². The third-order valence-corrected chi connectivity index (χ3v) is 5.79. The quantitative estimate of drug-likeness (QED) is 0.555. The molecule has 1 amide bonds. The van der Waals surface area contributed by atoms with Crippen molar-refractivity contribution in [1.82, 2.24) is 14.8 Å². The van der Waals surface area contributed by atoms with Gasteiger partial charge in [-0.1, -0.05) is 53.7 Å². The number of nitrogens with zero attached hydrogens (tertiary/aromatic N) is 2. The second-order valence-corrected chi connectivity index (χ2v) is 8.15. The maximum atomic E-state index is 12.7. The molecule has 0 bridgehead atoms. The van der Waals surface area contributed by atoms with Crippen molar-refractivity contribution in [3.05, 3.63) is 69.1 Å². The second kappa shape index (κ2) is 9.19. The Morgan fingerprint density at radius 2 is 2.07 bits per heavy atom. The van der Waals surface area contributed by atoms with E-state index in [0.717, 1.165) is 11.1 Å². The van der Waals surface area contributed by atoms with Crippen molar-refractivity contribution >= 4 is 35.0 Å². The van der Waals surface area contributed by atoms with Crippen LogP contribution in [0.25, 0.3) is 0 Å². The number of aromatic nitrogens is 3. The first kappa shape index (κ1) is 21.0. The zero-order chi connectivity index (χ0) is 21.0. The highest BCUT2D eigenvalue weighted by Crippen LogP contribution is 2.32. The van der Waals surface area contributed by atoms with E-state index in [-0.39, 0.29) is 11.6 Å². The predicted octanol–water partition coefficient (Wildman–Crippen LogP) is 3.71. The molecule has 0 unspecified atom stereocenters. The lowest BCUT2D eigenvalue weighted by Crippen LogP contribution is -2.24. The summed E-state index contributed by atoms with van der Waals surface area (Å²) in [6.07, 6.45) is 0. The molecule has 1 atom stereocenters. The van der Waals surface area contributed by atoms with Crippen molar-refractivity contribution in [2.75, 3.05) is 12.4 Å². The minimum atomic E-state index is -0.500. The van der Waals surface area contributed by atoms with Gasteiger partial charge in [0, 0.05) is 11.1 Å². The van der Waals surface area contributed by atoms with Crippen LogP contribution in [0.5, 0.6) is 5.75 Å². The van der Waals surface area contributed by atoms with Crippen LogP contribution in [0.2, 0.25) is 5.02 Å². The molecule has 1 heterocycles. The van der Waals surface area contributed by atoms with Gasteiger partial charge in [-0.25, -0.2) is 9.89 Å². The van der Waals surface area contributed by atoms with E-state index in [1.165, 1.54) is 23.4 Å². The number of carbonyl (C=O) groups excluding carboxylic acids is 1. The van der Waals surface area contributed by atoms with Gasteiger partial charge in [0.15, 0.2) is 5.16 Å². The van der Waals surface area contributed by atoms with Crippen LogP contribution in [-0.2, 0) is 11.3 Å². The topological polar surface area (TPSA) is 89.0 Å². The van der Waals surface area contributed by atoms with E-state index in [1.54, 1.807) is 19.1 Å². The SMILES string of the molecule is COc1cc(Cl)c(C)cc1NC(=O)[C@H](C)Sc1n[nH]c(=O)n1Cc1ccccc1. The Morgan fingerprint density at radius 1 is 1.34 bits per heavy atom. The summed E-state index contributed by atoms with van der Waals surface area (Å²) >= 11 is 7.32. The molecule has 0 radical (unpaired) electrons.